The summed E-state index contributed by atoms with van der Waals surface area (Å²) >= 11 is 0. The van der Waals surface area contributed by atoms with Gasteiger partial charge in [-0.1, -0.05) is 13.8 Å². The number of aliphatic hydroxyl groups is 1. The van der Waals surface area contributed by atoms with E-state index in [1.54, 1.807) is 0 Å². The van der Waals surface area contributed by atoms with E-state index in [0.717, 1.165) is 25.3 Å². The van der Waals surface area contributed by atoms with Crippen molar-refractivity contribution in [1.29, 1.82) is 0 Å². The van der Waals surface area contributed by atoms with Crippen LogP contribution >= 0.6 is 0 Å². The molecular formula is C15H20F2O. The lowest BCUT2D eigenvalue weighted by atomic mass is 9.82. The summed E-state index contributed by atoms with van der Waals surface area (Å²) in [6.45, 7) is 4.34. The Labute approximate surface area is 107 Å². The molecule has 1 aliphatic carbocycles. The van der Waals surface area contributed by atoms with Gasteiger partial charge in [-0.25, -0.2) is 8.78 Å². The van der Waals surface area contributed by atoms with E-state index in [4.69, 9.17) is 0 Å². The topological polar surface area (TPSA) is 20.2 Å². The van der Waals surface area contributed by atoms with E-state index in [2.05, 4.69) is 13.8 Å². The first-order valence-corrected chi connectivity index (χ1v) is 6.50. The molecule has 2 rings (SSSR count). The maximum absolute atomic E-state index is 13.3. The molecule has 1 N–H and O–H groups in total. The molecule has 0 aliphatic heterocycles. The van der Waals surface area contributed by atoms with Crippen molar-refractivity contribution in [3.63, 3.8) is 0 Å². The highest BCUT2D eigenvalue weighted by atomic mass is 19.1. The summed E-state index contributed by atoms with van der Waals surface area (Å²) in [7, 11) is 0. The van der Waals surface area contributed by atoms with E-state index < -0.39 is 17.2 Å². The lowest BCUT2D eigenvalue weighted by Gasteiger charge is -2.28. The normalized spacial score (nSPS) is 27.8. The summed E-state index contributed by atoms with van der Waals surface area (Å²) in [5.74, 6) is -1.25. The second kappa shape index (κ2) is 4.61. The molecule has 1 unspecified atom stereocenters. The highest BCUT2D eigenvalue weighted by Gasteiger charge is 2.35. The zero-order valence-electron chi connectivity index (χ0n) is 11.0. The maximum atomic E-state index is 13.3. The molecule has 1 aromatic rings. The predicted octanol–water partition coefficient (Wildman–Crippen LogP) is 4.14. The van der Waals surface area contributed by atoms with Gasteiger partial charge in [-0.15, -0.1) is 0 Å². The van der Waals surface area contributed by atoms with Crippen LogP contribution in [-0.2, 0) is 5.60 Å². The van der Waals surface area contributed by atoms with Gasteiger partial charge in [-0.05, 0) is 55.2 Å². The maximum Gasteiger partial charge on any atom is 0.126 e. The predicted molar refractivity (Wildman–Crippen MR) is 67.1 cm³/mol. The number of hydrogen-bond acceptors (Lipinski definition) is 1. The van der Waals surface area contributed by atoms with E-state index >= 15 is 0 Å². The number of halogens is 2. The highest BCUT2D eigenvalue weighted by molar-refractivity contribution is 5.24. The van der Waals surface area contributed by atoms with Crippen molar-refractivity contribution in [2.24, 2.45) is 5.41 Å². The fourth-order valence-corrected chi connectivity index (χ4v) is 2.77. The van der Waals surface area contributed by atoms with Crippen LogP contribution in [0.5, 0.6) is 0 Å². The van der Waals surface area contributed by atoms with E-state index in [9.17, 15) is 13.9 Å². The van der Waals surface area contributed by atoms with Crippen LogP contribution in [0, 0.1) is 17.0 Å². The third-order valence-corrected chi connectivity index (χ3v) is 4.06. The molecule has 1 fully saturated rings. The van der Waals surface area contributed by atoms with Crippen molar-refractivity contribution in [1.82, 2.24) is 0 Å². The minimum atomic E-state index is -1.09. The van der Waals surface area contributed by atoms with Crippen LogP contribution in [0.25, 0.3) is 0 Å². The lowest BCUT2D eigenvalue weighted by Crippen LogP contribution is -2.25. The summed E-state index contributed by atoms with van der Waals surface area (Å²) in [6, 6.07) is 3.34. The summed E-state index contributed by atoms with van der Waals surface area (Å²) in [6.07, 6.45) is 3.90. The molecule has 1 atom stereocenters. The minimum Gasteiger partial charge on any atom is -0.385 e. The molecule has 3 heteroatoms. The summed E-state index contributed by atoms with van der Waals surface area (Å²) < 4.78 is 26.5. The lowest BCUT2D eigenvalue weighted by molar-refractivity contribution is 0.0174. The summed E-state index contributed by atoms with van der Waals surface area (Å²) in [4.78, 5) is 0. The Morgan fingerprint density at radius 3 is 2.17 bits per heavy atom. The van der Waals surface area contributed by atoms with Crippen molar-refractivity contribution < 1.29 is 13.9 Å². The molecule has 0 amide bonds. The largest absolute Gasteiger partial charge is 0.385 e. The molecule has 0 radical (unpaired) electrons. The van der Waals surface area contributed by atoms with Gasteiger partial charge in [0.25, 0.3) is 0 Å². The molecule has 100 valence electrons. The molecule has 0 heterocycles. The molecule has 1 aliphatic rings. The first-order valence-electron chi connectivity index (χ1n) is 6.50. The highest BCUT2D eigenvalue weighted by Crippen LogP contribution is 2.42. The quantitative estimate of drug-likeness (QED) is 0.747. The molecule has 0 spiro atoms. The Balaban J connectivity index is 2.30. The van der Waals surface area contributed by atoms with Crippen molar-refractivity contribution in [2.75, 3.05) is 0 Å². The zero-order valence-corrected chi connectivity index (χ0v) is 11.0. The summed E-state index contributed by atoms with van der Waals surface area (Å²) in [5.41, 5.74) is -0.523. The Hall–Kier alpha value is -0.960. The fourth-order valence-electron chi connectivity index (χ4n) is 2.77. The van der Waals surface area contributed by atoms with Crippen molar-refractivity contribution in [2.45, 2.75) is 51.6 Å². The number of rotatable bonds is 1. The molecule has 1 aromatic carbocycles. The number of hydrogen-bond donors (Lipinski definition) is 1. The Morgan fingerprint density at radius 2 is 1.56 bits per heavy atom. The van der Waals surface area contributed by atoms with E-state index in [1.807, 2.05) is 0 Å². The van der Waals surface area contributed by atoms with Gasteiger partial charge in [0.1, 0.15) is 11.6 Å². The zero-order chi connectivity index (χ0) is 13.4. The van der Waals surface area contributed by atoms with Gasteiger partial charge in [0.15, 0.2) is 0 Å². The Kier molecular flexibility index (Phi) is 3.45. The minimum absolute atomic E-state index is 0.191. The molecule has 1 nitrogen and oxygen atoms in total. The number of benzene rings is 1. The third-order valence-electron chi connectivity index (χ3n) is 4.06. The van der Waals surface area contributed by atoms with Crippen LogP contribution in [0.3, 0.4) is 0 Å². The SMILES string of the molecule is CC1(C)CCCC(O)(c2cc(F)cc(F)c2)CC1. The molecule has 0 aromatic heterocycles. The van der Waals surface area contributed by atoms with E-state index in [0.29, 0.717) is 18.4 Å². The van der Waals surface area contributed by atoms with Crippen LogP contribution in [-0.4, -0.2) is 5.11 Å². The van der Waals surface area contributed by atoms with Crippen LogP contribution < -0.4 is 0 Å². The van der Waals surface area contributed by atoms with Crippen molar-refractivity contribution in [3.05, 3.63) is 35.4 Å². The van der Waals surface area contributed by atoms with Crippen LogP contribution in [0.2, 0.25) is 0 Å². The second-order valence-corrected chi connectivity index (χ2v) is 6.21. The first-order chi connectivity index (χ1) is 8.31. The smallest absolute Gasteiger partial charge is 0.126 e. The first kappa shape index (κ1) is 13.5. The van der Waals surface area contributed by atoms with Gasteiger partial charge >= 0.3 is 0 Å². The van der Waals surface area contributed by atoms with Crippen LogP contribution in [0.15, 0.2) is 18.2 Å². The fraction of sp³-hybridized carbons (Fsp3) is 0.600. The van der Waals surface area contributed by atoms with Gasteiger partial charge in [0.2, 0.25) is 0 Å². The second-order valence-electron chi connectivity index (χ2n) is 6.21. The van der Waals surface area contributed by atoms with E-state index in [1.165, 1.54) is 12.1 Å². The summed E-state index contributed by atoms with van der Waals surface area (Å²) in [5, 5.41) is 10.7. The van der Waals surface area contributed by atoms with Gasteiger partial charge < -0.3 is 5.11 Å². The van der Waals surface area contributed by atoms with Crippen LogP contribution in [0.1, 0.15) is 51.5 Å². The van der Waals surface area contributed by atoms with Gasteiger partial charge in [-0.2, -0.15) is 0 Å². The molecule has 0 bridgehead atoms. The third kappa shape index (κ3) is 2.89. The molecular weight excluding hydrogens is 234 g/mol. The van der Waals surface area contributed by atoms with Gasteiger partial charge in [-0.3, -0.25) is 0 Å². The average molecular weight is 254 g/mol. The van der Waals surface area contributed by atoms with Crippen molar-refractivity contribution >= 4 is 0 Å². The monoisotopic (exact) mass is 254 g/mol. The van der Waals surface area contributed by atoms with Gasteiger partial charge in [0, 0.05) is 6.07 Å². The Morgan fingerprint density at radius 1 is 0.944 bits per heavy atom. The molecule has 1 saturated carbocycles. The van der Waals surface area contributed by atoms with Gasteiger partial charge in [0.05, 0.1) is 5.60 Å². The molecule has 0 saturated heterocycles. The average Bonchev–Trinajstić information content (AvgIpc) is 2.38. The van der Waals surface area contributed by atoms with E-state index in [-0.39, 0.29) is 5.41 Å². The standard InChI is InChI=1S/C15H20F2O/c1-14(2)4-3-5-15(18,7-6-14)11-8-12(16)10-13(17)9-11/h8-10,18H,3-7H2,1-2H3. The Bertz CT molecular complexity index is 422. The van der Waals surface area contributed by atoms with Crippen LogP contribution in [0.4, 0.5) is 8.78 Å². The molecule has 18 heavy (non-hydrogen) atoms. The van der Waals surface area contributed by atoms with Crippen molar-refractivity contribution in [3.8, 4) is 0 Å².